The molecule has 3 aliphatic carbocycles. The van der Waals surface area contributed by atoms with Gasteiger partial charge < -0.3 is 0 Å². The van der Waals surface area contributed by atoms with Gasteiger partial charge in [-0.3, -0.25) is 4.79 Å². The highest BCUT2D eigenvalue weighted by atomic mass is 35.5. The topological polar surface area (TPSA) is 32.7 Å². The molecule has 5 rings (SSSR count). The average Bonchev–Trinajstić information content (AvgIpc) is 2.57. The number of nitrogens with zero attached hydrogens (tertiary/aromatic N) is 2. The van der Waals surface area contributed by atoms with Gasteiger partial charge in [0.1, 0.15) is 4.34 Å². The van der Waals surface area contributed by atoms with Crippen LogP contribution < -0.4 is 0 Å². The summed E-state index contributed by atoms with van der Waals surface area (Å²) in [6, 6.07) is 1.85. The van der Waals surface area contributed by atoms with E-state index in [9.17, 15) is 4.79 Å². The zero-order valence-corrected chi connectivity index (χ0v) is 12.5. The van der Waals surface area contributed by atoms with Crippen LogP contribution in [0, 0.1) is 5.92 Å². The zero-order chi connectivity index (χ0) is 13.2. The number of halogens is 2. The van der Waals surface area contributed by atoms with E-state index in [1.54, 1.807) is 5.01 Å². The summed E-state index contributed by atoms with van der Waals surface area (Å²) in [4.78, 5) is 12.1. The largest absolute Gasteiger partial charge is 0.273 e. The van der Waals surface area contributed by atoms with Crippen molar-refractivity contribution in [2.45, 2.75) is 37.6 Å². The van der Waals surface area contributed by atoms with Crippen LogP contribution in [0.5, 0.6) is 0 Å². The lowest BCUT2D eigenvalue weighted by molar-refractivity contribution is -0.173. The Morgan fingerprint density at radius 2 is 2.05 bits per heavy atom. The van der Waals surface area contributed by atoms with E-state index in [0.29, 0.717) is 21.5 Å². The van der Waals surface area contributed by atoms with Crippen molar-refractivity contribution in [2.75, 3.05) is 0 Å². The molecule has 0 aromatic carbocycles. The number of hydrogen-bond acceptors (Lipinski definition) is 3. The van der Waals surface area contributed by atoms with E-state index in [4.69, 9.17) is 23.2 Å². The van der Waals surface area contributed by atoms with E-state index < -0.39 is 0 Å². The van der Waals surface area contributed by atoms with Crippen molar-refractivity contribution in [3.8, 4) is 0 Å². The Kier molecular flexibility index (Phi) is 2.54. The highest BCUT2D eigenvalue weighted by molar-refractivity contribution is 7.20. The number of rotatable bonds is 2. The monoisotopic (exact) mass is 314 g/mol. The van der Waals surface area contributed by atoms with E-state index in [0.717, 1.165) is 36.5 Å². The third-order valence-electron chi connectivity index (χ3n) is 4.46. The summed E-state index contributed by atoms with van der Waals surface area (Å²) < 4.78 is 1.33. The maximum atomic E-state index is 12.1. The minimum atomic E-state index is 0.0414. The first-order valence-corrected chi connectivity index (χ1v) is 8.00. The summed E-state index contributed by atoms with van der Waals surface area (Å²) in [7, 11) is 0. The van der Waals surface area contributed by atoms with E-state index in [1.165, 1.54) is 11.3 Å². The predicted molar refractivity (Wildman–Crippen MR) is 77.0 cm³/mol. The molecule has 0 N–H and O–H groups in total. The van der Waals surface area contributed by atoms with Crippen LogP contribution in [0.15, 0.2) is 11.2 Å². The quantitative estimate of drug-likeness (QED) is 0.814. The number of carbonyl (C=O) groups is 1. The fourth-order valence-electron chi connectivity index (χ4n) is 3.35. The van der Waals surface area contributed by atoms with Crippen molar-refractivity contribution in [3.05, 3.63) is 20.3 Å². The SMILES string of the molecule is O=C1CCC(c2cc(Cl)sc2Cl)=NN1C12CC(C1)C2. The Bertz CT molecular complexity index is 593. The molecule has 0 unspecified atom stereocenters. The summed E-state index contributed by atoms with van der Waals surface area (Å²) in [5, 5.41) is 6.35. The molecule has 19 heavy (non-hydrogen) atoms. The molecule has 4 aliphatic rings. The second-order valence-corrected chi connectivity index (χ2v) is 7.98. The fourth-order valence-corrected chi connectivity index (χ4v) is 4.85. The molecule has 0 saturated heterocycles. The molecule has 6 heteroatoms. The van der Waals surface area contributed by atoms with Crippen molar-refractivity contribution in [1.82, 2.24) is 5.01 Å². The normalized spacial score (nSPS) is 32.7. The number of hydrazone groups is 1. The van der Waals surface area contributed by atoms with Gasteiger partial charge in [-0.05, 0) is 31.2 Å². The summed E-state index contributed by atoms with van der Waals surface area (Å²) in [5.41, 5.74) is 1.83. The lowest BCUT2D eigenvalue weighted by Gasteiger charge is -2.64. The summed E-state index contributed by atoms with van der Waals surface area (Å²) in [6.45, 7) is 0. The first kappa shape index (κ1) is 12.2. The Hall–Kier alpha value is -0.580. The van der Waals surface area contributed by atoms with Crippen LogP contribution in [0.3, 0.4) is 0 Å². The molecule has 0 radical (unpaired) electrons. The van der Waals surface area contributed by atoms with E-state index in [-0.39, 0.29) is 11.4 Å². The maximum Gasteiger partial charge on any atom is 0.243 e. The molecule has 0 spiro atoms. The Labute approximate surface area is 125 Å². The van der Waals surface area contributed by atoms with Gasteiger partial charge in [0, 0.05) is 18.4 Å². The third kappa shape index (κ3) is 1.70. The van der Waals surface area contributed by atoms with Gasteiger partial charge in [-0.1, -0.05) is 23.2 Å². The number of carbonyl (C=O) groups excluding carboxylic acids is 1. The molecule has 3 nitrogen and oxygen atoms in total. The number of amides is 1. The summed E-state index contributed by atoms with van der Waals surface area (Å²) in [5.74, 6) is 0.979. The highest BCUT2D eigenvalue weighted by Crippen LogP contribution is 2.61. The van der Waals surface area contributed by atoms with Gasteiger partial charge in [0.25, 0.3) is 0 Å². The van der Waals surface area contributed by atoms with Gasteiger partial charge in [0.05, 0.1) is 15.6 Å². The molecule has 1 aromatic rings. The van der Waals surface area contributed by atoms with Gasteiger partial charge in [0.15, 0.2) is 0 Å². The van der Waals surface area contributed by atoms with Crippen molar-refractivity contribution in [3.63, 3.8) is 0 Å². The molecule has 1 aromatic heterocycles. The molecule has 2 bridgehead atoms. The molecule has 3 saturated carbocycles. The van der Waals surface area contributed by atoms with Crippen LogP contribution in [0.1, 0.15) is 37.7 Å². The molecule has 1 aliphatic heterocycles. The first-order chi connectivity index (χ1) is 9.07. The minimum Gasteiger partial charge on any atom is -0.273 e. The van der Waals surface area contributed by atoms with Crippen LogP contribution in [0.4, 0.5) is 0 Å². The summed E-state index contributed by atoms with van der Waals surface area (Å²) >= 11 is 13.5. The zero-order valence-electron chi connectivity index (χ0n) is 10.2. The van der Waals surface area contributed by atoms with Gasteiger partial charge in [-0.15, -0.1) is 11.3 Å². The van der Waals surface area contributed by atoms with Crippen LogP contribution in [0.2, 0.25) is 8.67 Å². The predicted octanol–water partition coefficient (Wildman–Crippen LogP) is 3.93. The standard InChI is InChI=1S/C13H12Cl2N2OS/c14-10-3-8(12(15)19-10)9-1-2-11(18)17(16-9)13-4-7(5-13)6-13/h3,7H,1-2,4-6H2. The molecule has 1 amide bonds. The van der Waals surface area contributed by atoms with Crippen LogP contribution in [-0.4, -0.2) is 22.2 Å². The smallest absolute Gasteiger partial charge is 0.243 e. The minimum absolute atomic E-state index is 0.0414. The molecular weight excluding hydrogens is 303 g/mol. The van der Waals surface area contributed by atoms with Gasteiger partial charge >= 0.3 is 0 Å². The highest BCUT2D eigenvalue weighted by Gasteiger charge is 2.62. The molecule has 0 atom stereocenters. The van der Waals surface area contributed by atoms with Gasteiger partial charge in [-0.2, -0.15) is 5.10 Å². The van der Waals surface area contributed by atoms with Crippen molar-refractivity contribution in [2.24, 2.45) is 11.0 Å². The Morgan fingerprint density at radius 1 is 1.32 bits per heavy atom. The van der Waals surface area contributed by atoms with Crippen LogP contribution in [-0.2, 0) is 4.79 Å². The van der Waals surface area contributed by atoms with Crippen LogP contribution in [0.25, 0.3) is 0 Å². The van der Waals surface area contributed by atoms with Gasteiger partial charge in [0.2, 0.25) is 5.91 Å². The Balaban J connectivity index is 1.70. The fraction of sp³-hybridized carbons (Fsp3) is 0.538. The number of hydrogen-bond donors (Lipinski definition) is 0. The lowest BCUT2D eigenvalue weighted by atomic mass is 9.49. The average molecular weight is 315 g/mol. The van der Waals surface area contributed by atoms with E-state index in [1.807, 2.05) is 6.07 Å². The first-order valence-electron chi connectivity index (χ1n) is 6.43. The van der Waals surface area contributed by atoms with Crippen molar-refractivity contribution < 1.29 is 4.79 Å². The van der Waals surface area contributed by atoms with E-state index in [2.05, 4.69) is 5.10 Å². The molecule has 2 heterocycles. The molecule has 3 fully saturated rings. The lowest BCUT2D eigenvalue weighted by Crippen LogP contribution is -2.68. The molecule has 100 valence electrons. The Morgan fingerprint density at radius 3 is 2.58 bits per heavy atom. The maximum absolute atomic E-state index is 12.1. The third-order valence-corrected chi connectivity index (χ3v) is 5.94. The molecular formula is C13H12Cl2N2OS. The summed E-state index contributed by atoms with van der Waals surface area (Å²) in [6.07, 6.45) is 4.53. The van der Waals surface area contributed by atoms with Crippen molar-refractivity contribution >= 4 is 46.2 Å². The van der Waals surface area contributed by atoms with Crippen molar-refractivity contribution in [1.29, 1.82) is 0 Å². The van der Waals surface area contributed by atoms with Gasteiger partial charge in [-0.25, -0.2) is 5.01 Å². The van der Waals surface area contributed by atoms with Crippen LogP contribution >= 0.6 is 34.5 Å². The number of thiophene rings is 1. The van der Waals surface area contributed by atoms with E-state index >= 15 is 0 Å². The second-order valence-electron chi connectivity index (χ2n) is 5.69. The second kappa shape index (κ2) is 3.96.